The number of halogens is 2. The average molecular weight is 391 g/mol. The Kier molecular flexibility index (Phi) is 5.16. The molecule has 0 aromatic heterocycles. The van der Waals surface area contributed by atoms with E-state index in [0.717, 1.165) is 5.56 Å². The Bertz CT molecular complexity index is 1100. The summed E-state index contributed by atoms with van der Waals surface area (Å²) in [7, 11) is 0. The van der Waals surface area contributed by atoms with Gasteiger partial charge in [0, 0.05) is 5.56 Å². The zero-order chi connectivity index (χ0) is 20.2. The molecule has 0 fully saturated rings. The summed E-state index contributed by atoms with van der Waals surface area (Å²) >= 11 is 0. The third-order valence-corrected chi connectivity index (χ3v) is 4.19. The molecule has 3 aromatic rings. The standard InChI is InChI=1S/C23H15F2NO3/c24-18-8-4-15(5-9-18)14-28-20-3-1-2-16(12-20)13-21-23(27)29-22(26-21)17-6-10-19(25)11-7-17/h1-13H,14H2/b21-13-. The predicted molar refractivity (Wildman–Crippen MR) is 104 cm³/mol. The second-order valence-electron chi connectivity index (χ2n) is 6.33. The zero-order valence-corrected chi connectivity index (χ0v) is 15.1. The lowest BCUT2D eigenvalue weighted by Crippen LogP contribution is -2.05. The Hall–Kier alpha value is -3.80. The van der Waals surface area contributed by atoms with Gasteiger partial charge in [-0.3, -0.25) is 0 Å². The summed E-state index contributed by atoms with van der Waals surface area (Å²) < 4.78 is 36.9. The molecule has 1 heterocycles. The minimum absolute atomic E-state index is 0.130. The average Bonchev–Trinajstić information content (AvgIpc) is 3.09. The molecule has 1 aliphatic heterocycles. The minimum Gasteiger partial charge on any atom is -0.489 e. The van der Waals surface area contributed by atoms with Crippen molar-refractivity contribution in [1.29, 1.82) is 0 Å². The van der Waals surface area contributed by atoms with Crippen LogP contribution in [0.15, 0.2) is 83.5 Å². The monoisotopic (exact) mass is 391 g/mol. The van der Waals surface area contributed by atoms with Crippen molar-refractivity contribution in [1.82, 2.24) is 0 Å². The maximum absolute atomic E-state index is 13.1. The molecule has 0 bridgehead atoms. The van der Waals surface area contributed by atoms with Crippen molar-refractivity contribution < 1.29 is 23.0 Å². The van der Waals surface area contributed by atoms with E-state index in [-0.39, 0.29) is 29.8 Å². The van der Waals surface area contributed by atoms with E-state index in [1.807, 2.05) is 0 Å². The highest BCUT2D eigenvalue weighted by atomic mass is 19.1. The molecule has 144 valence electrons. The highest BCUT2D eigenvalue weighted by Gasteiger charge is 2.24. The number of hydrogen-bond acceptors (Lipinski definition) is 4. The van der Waals surface area contributed by atoms with Crippen molar-refractivity contribution in [2.75, 3.05) is 0 Å². The van der Waals surface area contributed by atoms with Crippen molar-refractivity contribution in [3.8, 4) is 5.75 Å². The van der Waals surface area contributed by atoms with Gasteiger partial charge < -0.3 is 9.47 Å². The lowest BCUT2D eigenvalue weighted by Gasteiger charge is -2.07. The lowest BCUT2D eigenvalue weighted by molar-refractivity contribution is -0.129. The van der Waals surface area contributed by atoms with Crippen molar-refractivity contribution in [3.63, 3.8) is 0 Å². The molecule has 0 unspecified atom stereocenters. The van der Waals surface area contributed by atoms with Crippen molar-refractivity contribution in [2.24, 2.45) is 4.99 Å². The number of ether oxygens (including phenoxy) is 2. The molecule has 0 atom stereocenters. The van der Waals surface area contributed by atoms with Gasteiger partial charge in [0.2, 0.25) is 5.90 Å². The Morgan fingerprint density at radius 2 is 1.62 bits per heavy atom. The van der Waals surface area contributed by atoms with Gasteiger partial charge >= 0.3 is 5.97 Å². The van der Waals surface area contributed by atoms with E-state index < -0.39 is 5.97 Å². The maximum Gasteiger partial charge on any atom is 0.363 e. The first-order chi connectivity index (χ1) is 14.1. The minimum atomic E-state index is -0.582. The molecule has 0 spiro atoms. The molecule has 0 N–H and O–H groups in total. The lowest BCUT2D eigenvalue weighted by atomic mass is 10.2. The largest absolute Gasteiger partial charge is 0.489 e. The predicted octanol–water partition coefficient (Wildman–Crippen LogP) is 4.89. The van der Waals surface area contributed by atoms with E-state index in [1.165, 1.54) is 36.4 Å². The second kappa shape index (κ2) is 8.06. The molecule has 1 aliphatic rings. The van der Waals surface area contributed by atoms with Crippen LogP contribution >= 0.6 is 0 Å². The van der Waals surface area contributed by atoms with Crippen LogP contribution in [0.4, 0.5) is 8.78 Å². The Morgan fingerprint density at radius 1 is 0.931 bits per heavy atom. The van der Waals surface area contributed by atoms with Gasteiger partial charge in [-0.15, -0.1) is 0 Å². The van der Waals surface area contributed by atoms with Crippen LogP contribution in [0.25, 0.3) is 6.08 Å². The number of hydrogen-bond donors (Lipinski definition) is 0. The zero-order valence-electron chi connectivity index (χ0n) is 15.1. The highest BCUT2D eigenvalue weighted by molar-refractivity contribution is 6.12. The third-order valence-electron chi connectivity index (χ3n) is 4.19. The second-order valence-corrected chi connectivity index (χ2v) is 6.33. The van der Waals surface area contributed by atoms with Crippen LogP contribution in [0.5, 0.6) is 5.75 Å². The Balaban J connectivity index is 1.50. The number of benzene rings is 3. The normalized spacial score (nSPS) is 14.6. The Morgan fingerprint density at radius 3 is 2.34 bits per heavy atom. The first-order valence-electron chi connectivity index (χ1n) is 8.83. The van der Waals surface area contributed by atoms with Crippen LogP contribution in [0.3, 0.4) is 0 Å². The van der Waals surface area contributed by atoms with Gasteiger partial charge in [-0.05, 0) is 65.7 Å². The number of esters is 1. The number of carbonyl (C=O) groups is 1. The highest BCUT2D eigenvalue weighted by Crippen LogP contribution is 2.22. The van der Waals surface area contributed by atoms with Gasteiger partial charge in [-0.1, -0.05) is 24.3 Å². The molecule has 4 nitrogen and oxygen atoms in total. The van der Waals surface area contributed by atoms with Crippen molar-refractivity contribution >= 4 is 17.9 Å². The van der Waals surface area contributed by atoms with Crippen molar-refractivity contribution in [2.45, 2.75) is 6.61 Å². The van der Waals surface area contributed by atoms with Gasteiger partial charge in [0.15, 0.2) is 5.70 Å². The summed E-state index contributed by atoms with van der Waals surface area (Å²) in [6.07, 6.45) is 1.59. The van der Waals surface area contributed by atoms with Gasteiger partial charge in [0.25, 0.3) is 0 Å². The van der Waals surface area contributed by atoms with Crippen LogP contribution in [-0.4, -0.2) is 11.9 Å². The van der Waals surface area contributed by atoms with Gasteiger partial charge in [0.05, 0.1) is 0 Å². The van der Waals surface area contributed by atoms with Crippen molar-refractivity contribution in [3.05, 3.63) is 107 Å². The molecular weight excluding hydrogens is 376 g/mol. The summed E-state index contributed by atoms with van der Waals surface area (Å²) in [5.74, 6) is -0.539. The fraction of sp³-hybridized carbons (Fsp3) is 0.0435. The maximum atomic E-state index is 13.1. The van der Waals surface area contributed by atoms with Gasteiger partial charge in [-0.25, -0.2) is 18.6 Å². The number of cyclic esters (lactones) is 1. The molecule has 0 saturated heterocycles. The quantitative estimate of drug-likeness (QED) is 0.460. The summed E-state index contributed by atoms with van der Waals surface area (Å²) in [6, 6.07) is 18.7. The van der Waals surface area contributed by atoms with Crippen LogP contribution in [0.1, 0.15) is 16.7 Å². The topological polar surface area (TPSA) is 47.9 Å². The van der Waals surface area contributed by atoms with Crippen LogP contribution < -0.4 is 4.74 Å². The molecule has 0 saturated carbocycles. The molecule has 0 aliphatic carbocycles. The summed E-state index contributed by atoms with van der Waals surface area (Å²) in [4.78, 5) is 16.3. The molecule has 0 amide bonds. The molecule has 29 heavy (non-hydrogen) atoms. The first-order valence-corrected chi connectivity index (χ1v) is 8.83. The molecule has 6 heteroatoms. The van der Waals surface area contributed by atoms with E-state index in [0.29, 0.717) is 16.9 Å². The molecule has 4 rings (SSSR count). The van der Waals surface area contributed by atoms with E-state index in [4.69, 9.17) is 9.47 Å². The SMILES string of the molecule is O=C1OC(c2ccc(F)cc2)=N/C1=C\c1cccc(OCc2ccc(F)cc2)c1. The fourth-order valence-corrected chi connectivity index (χ4v) is 2.72. The van der Waals surface area contributed by atoms with Gasteiger partial charge in [0.1, 0.15) is 24.0 Å². The van der Waals surface area contributed by atoms with Gasteiger partial charge in [-0.2, -0.15) is 0 Å². The van der Waals surface area contributed by atoms with E-state index >= 15 is 0 Å². The fourth-order valence-electron chi connectivity index (χ4n) is 2.72. The number of rotatable bonds is 5. The number of nitrogens with zero attached hydrogens (tertiary/aromatic N) is 1. The summed E-state index contributed by atoms with van der Waals surface area (Å²) in [5.41, 5.74) is 2.19. The molecule has 0 radical (unpaired) electrons. The van der Waals surface area contributed by atoms with Crippen LogP contribution in [0, 0.1) is 11.6 Å². The van der Waals surface area contributed by atoms with E-state index in [1.54, 1.807) is 42.5 Å². The summed E-state index contributed by atoms with van der Waals surface area (Å²) in [6.45, 7) is 0.287. The smallest absolute Gasteiger partial charge is 0.363 e. The third kappa shape index (κ3) is 4.55. The van der Waals surface area contributed by atoms with E-state index in [2.05, 4.69) is 4.99 Å². The molecule has 3 aromatic carbocycles. The Labute approximate surface area is 165 Å². The molecular formula is C23H15F2NO3. The van der Waals surface area contributed by atoms with Crippen LogP contribution in [0.2, 0.25) is 0 Å². The summed E-state index contributed by atoms with van der Waals surface area (Å²) in [5, 5.41) is 0. The van der Waals surface area contributed by atoms with E-state index in [9.17, 15) is 13.6 Å². The van der Waals surface area contributed by atoms with Crippen LogP contribution in [-0.2, 0) is 16.1 Å². The number of carbonyl (C=O) groups excluding carboxylic acids is 1. The number of aliphatic imine (C=N–C) groups is 1. The first kappa shape index (κ1) is 18.6.